The first kappa shape index (κ1) is 15.4. The molecule has 21 heavy (non-hydrogen) atoms. The Bertz CT molecular complexity index is 635. The van der Waals surface area contributed by atoms with Crippen molar-refractivity contribution in [3.8, 4) is 5.75 Å². The molecule has 4 heteroatoms. The van der Waals surface area contributed by atoms with Crippen molar-refractivity contribution in [3.05, 3.63) is 58.6 Å². The summed E-state index contributed by atoms with van der Waals surface area (Å²) in [7, 11) is 0. The number of benzene rings is 2. The van der Waals surface area contributed by atoms with Crippen molar-refractivity contribution in [1.29, 1.82) is 0 Å². The summed E-state index contributed by atoms with van der Waals surface area (Å²) in [5, 5.41) is 3.36. The molecule has 1 atom stereocenters. The van der Waals surface area contributed by atoms with Gasteiger partial charge >= 0.3 is 0 Å². The summed E-state index contributed by atoms with van der Waals surface area (Å²) < 4.78 is 5.70. The first-order valence-electron chi connectivity index (χ1n) is 6.75. The van der Waals surface area contributed by atoms with Gasteiger partial charge in [-0.05, 0) is 62.2 Å². The molecule has 0 fully saturated rings. The molecule has 2 aromatic rings. The van der Waals surface area contributed by atoms with Gasteiger partial charge in [-0.15, -0.1) is 0 Å². The van der Waals surface area contributed by atoms with E-state index in [1.165, 1.54) is 0 Å². The molecule has 2 rings (SSSR count). The predicted molar refractivity (Wildman–Crippen MR) is 86.1 cm³/mol. The first-order valence-corrected chi connectivity index (χ1v) is 7.13. The summed E-state index contributed by atoms with van der Waals surface area (Å²) in [6.07, 6.45) is -0.592. The molecule has 0 unspecified atom stereocenters. The minimum Gasteiger partial charge on any atom is -0.481 e. The average molecular weight is 304 g/mol. The third-order valence-electron chi connectivity index (χ3n) is 2.97. The van der Waals surface area contributed by atoms with Crippen LogP contribution in [0.5, 0.6) is 5.75 Å². The van der Waals surface area contributed by atoms with Crippen LogP contribution in [0.2, 0.25) is 5.02 Å². The highest BCUT2D eigenvalue weighted by molar-refractivity contribution is 6.30. The molecule has 1 N–H and O–H groups in total. The van der Waals surface area contributed by atoms with Gasteiger partial charge in [-0.2, -0.15) is 0 Å². The molecule has 0 aliphatic carbocycles. The van der Waals surface area contributed by atoms with E-state index >= 15 is 0 Å². The second-order valence-electron chi connectivity index (χ2n) is 5.08. The van der Waals surface area contributed by atoms with Crippen molar-refractivity contribution in [1.82, 2.24) is 0 Å². The minimum atomic E-state index is -0.592. The number of rotatable bonds is 4. The zero-order valence-corrected chi connectivity index (χ0v) is 13.1. The normalized spacial score (nSPS) is 11.8. The summed E-state index contributed by atoms with van der Waals surface area (Å²) in [6.45, 7) is 5.71. The third kappa shape index (κ3) is 4.50. The molecule has 0 saturated carbocycles. The number of carbonyl (C=O) groups is 1. The summed E-state index contributed by atoms with van der Waals surface area (Å²) in [5.74, 6) is 0.484. The van der Waals surface area contributed by atoms with Gasteiger partial charge in [-0.1, -0.05) is 23.7 Å². The summed E-state index contributed by atoms with van der Waals surface area (Å²) >= 11 is 5.89. The van der Waals surface area contributed by atoms with Gasteiger partial charge in [0.15, 0.2) is 6.10 Å². The fourth-order valence-corrected chi connectivity index (χ4v) is 2.26. The van der Waals surface area contributed by atoms with Crippen LogP contribution >= 0.6 is 11.6 Å². The van der Waals surface area contributed by atoms with E-state index < -0.39 is 6.10 Å². The number of hydrogen-bond acceptors (Lipinski definition) is 2. The lowest BCUT2D eigenvalue weighted by Crippen LogP contribution is -2.30. The number of ether oxygens (including phenoxy) is 1. The van der Waals surface area contributed by atoms with Gasteiger partial charge in [0, 0.05) is 10.7 Å². The van der Waals surface area contributed by atoms with Crippen LogP contribution in [0.1, 0.15) is 18.1 Å². The molecule has 0 radical (unpaired) electrons. The molecule has 0 aliphatic rings. The van der Waals surface area contributed by atoms with E-state index in [4.69, 9.17) is 16.3 Å². The highest BCUT2D eigenvalue weighted by atomic mass is 35.5. The van der Waals surface area contributed by atoms with Crippen molar-refractivity contribution in [3.63, 3.8) is 0 Å². The quantitative estimate of drug-likeness (QED) is 0.911. The number of carbonyl (C=O) groups excluding carboxylic acids is 1. The molecule has 0 saturated heterocycles. The zero-order chi connectivity index (χ0) is 15.4. The van der Waals surface area contributed by atoms with Crippen molar-refractivity contribution >= 4 is 23.2 Å². The maximum absolute atomic E-state index is 12.1. The molecule has 0 aliphatic heterocycles. The Morgan fingerprint density at radius 1 is 1.14 bits per heavy atom. The van der Waals surface area contributed by atoms with Crippen LogP contribution in [0.4, 0.5) is 5.69 Å². The van der Waals surface area contributed by atoms with Crippen LogP contribution in [0, 0.1) is 13.8 Å². The number of halogens is 1. The number of nitrogens with one attached hydrogen (secondary N) is 1. The van der Waals surface area contributed by atoms with Gasteiger partial charge < -0.3 is 10.1 Å². The molecule has 0 bridgehead atoms. The Balaban J connectivity index is 2.02. The standard InChI is InChI=1S/C17H18ClNO2/c1-11-7-12(2)9-16(8-11)21-13(3)17(20)19-15-6-4-5-14(18)10-15/h4-10,13H,1-3H3,(H,19,20)/t13-/m1/s1. The Labute approximate surface area is 129 Å². The topological polar surface area (TPSA) is 38.3 Å². The molecule has 3 nitrogen and oxygen atoms in total. The van der Waals surface area contributed by atoms with E-state index in [0.29, 0.717) is 16.5 Å². The lowest BCUT2D eigenvalue weighted by molar-refractivity contribution is -0.122. The van der Waals surface area contributed by atoms with E-state index in [1.807, 2.05) is 26.0 Å². The maximum Gasteiger partial charge on any atom is 0.265 e. The largest absolute Gasteiger partial charge is 0.481 e. The maximum atomic E-state index is 12.1. The van der Waals surface area contributed by atoms with E-state index in [2.05, 4.69) is 11.4 Å². The van der Waals surface area contributed by atoms with E-state index in [9.17, 15) is 4.79 Å². The van der Waals surface area contributed by atoms with Crippen LogP contribution in [0.25, 0.3) is 0 Å². The van der Waals surface area contributed by atoms with Crippen molar-refractivity contribution in [2.24, 2.45) is 0 Å². The number of aryl methyl sites for hydroxylation is 2. The lowest BCUT2D eigenvalue weighted by atomic mass is 10.1. The van der Waals surface area contributed by atoms with Gasteiger partial charge in [0.05, 0.1) is 0 Å². The number of hydrogen-bond donors (Lipinski definition) is 1. The Morgan fingerprint density at radius 3 is 2.43 bits per heavy atom. The SMILES string of the molecule is Cc1cc(C)cc(O[C@H](C)C(=O)Nc2cccc(Cl)c2)c1. The van der Waals surface area contributed by atoms with Crippen LogP contribution in [-0.2, 0) is 4.79 Å². The third-order valence-corrected chi connectivity index (χ3v) is 3.20. The molecule has 0 aromatic heterocycles. The van der Waals surface area contributed by atoms with Crippen molar-refractivity contribution in [2.75, 3.05) is 5.32 Å². The number of anilines is 1. The monoisotopic (exact) mass is 303 g/mol. The molecular weight excluding hydrogens is 286 g/mol. The number of amides is 1. The van der Waals surface area contributed by atoms with Gasteiger partial charge in [-0.3, -0.25) is 4.79 Å². The Morgan fingerprint density at radius 2 is 1.81 bits per heavy atom. The Kier molecular flexibility index (Phi) is 4.86. The second kappa shape index (κ2) is 6.64. The first-order chi connectivity index (χ1) is 9.94. The van der Waals surface area contributed by atoms with Crippen LogP contribution in [0.15, 0.2) is 42.5 Å². The molecule has 0 spiro atoms. The summed E-state index contributed by atoms with van der Waals surface area (Å²) in [4.78, 5) is 12.1. The zero-order valence-electron chi connectivity index (χ0n) is 12.3. The van der Waals surface area contributed by atoms with Crippen LogP contribution in [-0.4, -0.2) is 12.0 Å². The van der Waals surface area contributed by atoms with Crippen molar-refractivity contribution < 1.29 is 9.53 Å². The molecular formula is C17H18ClNO2. The molecule has 110 valence electrons. The molecule has 0 heterocycles. The lowest BCUT2D eigenvalue weighted by Gasteiger charge is -2.15. The minimum absolute atomic E-state index is 0.212. The van der Waals surface area contributed by atoms with E-state index in [1.54, 1.807) is 31.2 Å². The Hall–Kier alpha value is -2.00. The molecule has 1 amide bonds. The van der Waals surface area contributed by atoms with Gasteiger partial charge in [0.2, 0.25) is 0 Å². The van der Waals surface area contributed by atoms with Crippen molar-refractivity contribution in [2.45, 2.75) is 26.9 Å². The smallest absolute Gasteiger partial charge is 0.265 e. The fraction of sp³-hybridized carbons (Fsp3) is 0.235. The highest BCUT2D eigenvalue weighted by Crippen LogP contribution is 2.19. The van der Waals surface area contributed by atoms with E-state index in [0.717, 1.165) is 11.1 Å². The van der Waals surface area contributed by atoms with Gasteiger partial charge in [0.25, 0.3) is 5.91 Å². The van der Waals surface area contributed by atoms with Gasteiger partial charge in [-0.25, -0.2) is 0 Å². The van der Waals surface area contributed by atoms with E-state index in [-0.39, 0.29) is 5.91 Å². The fourth-order valence-electron chi connectivity index (χ4n) is 2.07. The second-order valence-corrected chi connectivity index (χ2v) is 5.52. The van der Waals surface area contributed by atoms with Crippen LogP contribution < -0.4 is 10.1 Å². The summed E-state index contributed by atoms with van der Waals surface area (Å²) in [6, 6.07) is 12.9. The summed E-state index contributed by atoms with van der Waals surface area (Å²) in [5.41, 5.74) is 2.86. The predicted octanol–water partition coefficient (Wildman–Crippen LogP) is 4.36. The van der Waals surface area contributed by atoms with Crippen LogP contribution in [0.3, 0.4) is 0 Å². The highest BCUT2D eigenvalue weighted by Gasteiger charge is 2.15. The average Bonchev–Trinajstić information content (AvgIpc) is 2.37. The molecule has 2 aromatic carbocycles. The van der Waals surface area contributed by atoms with Gasteiger partial charge in [0.1, 0.15) is 5.75 Å².